The summed E-state index contributed by atoms with van der Waals surface area (Å²) < 4.78 is 11.2. The third-order valence-electron chi connectivity index (χ3n) is 5.13. The minimum atomic E-state index is 0.0261. The van der Waals surface area contributed by atoms with Gasteiger partial charge in [0.05, 0.1) is 26.8 Å². The molecule has 0 radical (unpaired) electrons. The SMILES string of the molecule is CCNC(=NCc1ccc(OC)c(O)c1)N1CCOC(c2ccc(C)cc2C)C1. The molecule has 0 saturated carbocycles. The fraction of sp³-hybridized carbons (Fsp3) is 0.435. The first-order chi connectivity index (χ1) is 14.0. The third kappa shape index (κ3) is 5.21. The van der Waals surface area contributed by atoms with Gasteiger partial charge in [-0.15, -0.1) is 0 Å². The highest BCUT2D eigenvalue weighted by atomic mass is 16.5. The van der Waals surface area contributed by atoms with Crippen LogP contribution in [0.15, 0.2) is 41.4 Å². The van der Waals surface area contributed by atoms with Crippen LogP contribution in [-0.4, -0.2) is 49.3 Å². The molecule has 0 spiro atoms. The lowest BCUT2D eigenvalue weighted by molar-refractivity contribution is -0.00834. The number of hydrogen-bond donors (Lipinski definition) is 2. The topological polar surface area (TPSA) is 66.3 Å². The van der Waals surface area contributed by atoms with Crippen LogP contribution in [0, 0.1) is 13.8 Å². The smallest absolute Gasteiger partial charge is 0.194 e. The first-order valence-electron chi connectivity index (χ1n) is 10.1. The molecule has 0 amide bonds. The van der Waals surface area contributed by atoms with Crippen molar-refractivity contribution in [2.24, 2.45) is 4.99 Å². The van der Waals surface area contributed by atoms with Crippen LogP contribution < -0.4 is 10.1 Å². The summed E-state index contributed by atoms with van der Waals surface area (Å²) in [4.78, 5) is 7.04. The number of ether oxygens (including phenoxy) is 2. The summed E-state index contributed by atoms with van der Waals surface area (Å²) in [5.41, 5.74) is 4.68. The Hall–Kier alpha value is -2.73. The quantitative estimate of drug-likeness (QED) is 0.597. The summed E-state index contributed by atoms with van der Waals surface area (Å²) in [6.07, 6.45) is 0.0261. The Morgan fingerprint density at radius 3 is 2.79 bits per heavy atom. The van der Waals surface area contributed by atoms with Crippen LogP contribution >= 0.6 is 0 Å². The van der Waals surface area contributed by atoms with Gasteiger partial charge in [0, 0.05) is 13.1 Å². The number of morpholine rings is 1. The van der Waals surface area contributed by atoms with Crippen molar-refractivity contribution in [2.45, 2.75) is 33.4 Å². The van der Waals surface area contributed by atoms with Gasteiger partial charge in [0.1, 0.15) is 6.10 Å². The van der Waals surface area contributed by atoms with E-state index < -0.39 is 0 Å². The summed E-state index contributed by atoms with van der Waals surface area (Å²) in [6, 6.07) is 11.9. The normalized spacial score (nSPS) is 17.3. The van der Waals surface area contributed by atoms with E-state index in [-0.39, 0.29) is 11.9 Å². The number of phenols is 1. The van der Waals surface area contributed by atoms with E-state index in [2.05, 4.69) is 49.2 Å². The number of guanidine groups is 1. The fourth-order valence-corrected chi connectivity index (χ4v) is 3.64. The first kappa shape index (κ1) is 21.0. The van der Waals surface area contributed by atoms with Crippen LogP contribution in [-0.2, 0) is 11.3 Å². The average Bonchev–Trinajstić information content (AvgIpc) is 2.71. The van der Waals surface area contributed by atoms with Crippen LogP contribution in [0.5, 0.6) is 11.5 Å². The molecule has 29 heavy (non-hydrogen) atoms. The van der Waals surface area contributed by atoms with Crippen molar-refractivity contribution in [3.63, 3.8) is 0 Å². The molecular weight excluding hydrogens is 366 g/mol. The minimum absolute atomic E-state index is 0.0261. The molecule has 156 valence electrons. The van der Waals surface area contributed by atoms with E-state index >= 15 is 0 Å². The summed E-state index contributed by atoms with van der Waals surface area (Å²) in [5.74, 6) is 1.46. The monoisotopic (exact) mass is 397 g/mol. The summed E-state index contributed by atoms with van der Waals surface area (Å²) in [5, 5.41) is 13.4. The van der Waals surface area contributed by atoms with Crippen molar-refractivity contribution < 1.29 is 14.6 Å². The molecule has 1 unspecified atom stereocenters. The Kier molecular flexibility index (Phi) is 6.99. The van der Waals surface area contributed by atoms with Gasteiger partial charge < -0.3 is 24.8 Å². The van der Waals surface area contributed by atoms with Gasteiger partial charge in [-0.2, -0.15) is 0 Å². The predicted octanol–water partition coefficient (Wildman–Crippen LogP) is 3.56. The Morgan fingerprint density at radius 2 is 2.10 bits per heavy atom. The zero-order valence-electron chi connectivity index (χ0n) is 17.7. The van der Waals surface area contributed by atoms with Crippen LogP contribution in [0.2, 0.25) is 0 Å². The molecule has 1 saturated heterocycles. The van der Waals surface area contributed by atoms with E-state index in [1.54, 1.807) is 19.2 Å². The number of aromatic hydroxyl groups is 1. The van der Waals surface area contributed by atoms with Crippen LogP contribution in [0.25, 0.3) is 0 Å². The lowest BCUT2D eigenvalue weighted by atomic mass is 10.00. The van der Waals surface area contributed by atoms with E-state index in [0.29, 0.717) is 18.9 Å². The molecule has 6 nitrogen and oxygen atoms in total. The maximum Gasteiger partial charge on any atom is 0.194 e. The van der Waals surface area contributed by atoms with E-state index in [9.17, 15) is 5.11 Å². The number of aryl methyl sites for hydroxylation is 2. The molecule has 0 bridgehead atoms. The Bertz CT molecular complexity index is 866. The molecule has 1 aliphatic rings. The highest BCUT2D eigenvalue weighted by Crippen LogP contribution is 2.27. The fourth-order valence-electron chi connectivity index (χ4n) is 3.64. The lowest BCUT2D eigenvalue weighted by Crippen LogP contribution is -2.48. The van der Waals surface area contributed by atoms with E-state index in [1.165, 1.54) is 16.7 Å². The molecular formula is C23H31N3O3. The average molecular weight is 398 g/mol. The maximum atomic E-state index is 10.00. The molecule has 6 heteroatoms. The van der Waals surface area contributed by atoms with Crippen molar-refractivity contribution in [3.8, 4) is 11.5 Å². The molecule has 1 atom stereocenters. The predicted molar refractivity (Wildman–Crippen MR) is 116 cm³/mol. The number of methoxy groups -OCH3 is 1. The van der Waals surface area contributed by atoms with Crippen molar-refractivity contribution in [2.75, 3.05) is 33.4 Å². The zero-order valence-corrected chi connectivity index (χ0v) is 17.7. The summed E-state index contributed by atoms with van der Waals surface area (Å²) in [6.45, 7) is 9.79. The minimum Gasteiger partial charge on any atom is -0.504 e. The van der Waals surface area contributed by atoms with Gasteiger partial charge in [0.2, 0.25) is 0 Å². The first-order valence-corrected chi connectivity index (χ1v) is 10.1. The Labute approximate surface area is 173 Å². The maximum absolute atomic E-state index is 10.00. The summed E-state index contributed by atoms with van der Waals surface area (Å²) in [7, 11) is 1.54. The second-order valence-corrected chi connectivity index (χ2v) is 7.34. The largest absolute Gasteiger partial charge is 0.504 e. The molecule has 0 aromatic heterocycles. The second-order valence-electron chi connectivity index (χ2n) is 7.34. The van der Waals surface area contributed by atoms with Crippen LogP contribution in [0.3, 0.4) is 0 Å². The molecule has 3 rings (SSSR count). The van der Waals surface area contributed by atoms with Gasteiger partial charge in [-0.3, -0.25) is 0 Å². The second kappa shape index (κ2) is 9.65. The van der Waals surface area contributed by atoms with Crippen molar-refractivity contribution in [1.29, 1.82) is 0 Å². The number of nitrogens with zero attached hydrogens (tertiary/aromatic N) is 2. The molecule has 1 heterocycles. The molecule has 0 aliphatic carbocycles. The number of rotatable bonds is 5. The molecule has 2 N–H and O–H groups in total. The highest BCUT2D eigenvalue weighted by Gasteiger charge is 2.25. The number of aliphatic imine (C=N–C) groups is 1. The van der Waals surface area contributed by atoms with Gasteiger partial charge in [-0.1, -0.05) is 29.8 Å². The van der Waals surface area contributed by atoms with Crippen molar-refractivity contribution >= 4 is 5.96 Å². The zero-order chi connectivity index (χ0) is 20.8. The Balaban J connectivity index is 1.75. The van der Waals surface area contributed by atoms with Crippen LogP contribution in [0.1, 0.15) is 35.3 Å². The number of benzene rings is 2. The number of phenolic OH excluding ortho intramolecular Hbond substituents is 1. The number of nitrogens with one attached hydrogen (secondary N) is 1. The van der Waals surface area contributed by atoms with E-state index in [4.69, 9.17) is 14.5 Å². The third-order valence-corrected chi connectivity index (χ3v) is 5.13. The van der Waals surface area contributed by atoms with Gasteiger partial charge in [0.25, 0.3) is 0 Å². The van der Waals surface area contributed by atoms with Crippen LogP contribution in [0.4, 0.5) is 0 Å². The lowest BCUT2D eigenvalue weighted by Gasteiger charge is -2.36. The number of hydrogen-bond acceptors (Lipinski definition) is 4. The van der Waals surface area contributed by atoms with E-state index in [1.807, 2.05) is 6.07 Å². The van der Waals surface area contributed by atoms with Gasteiger partial charge in [-0.25, -0.2) is 4.99 Å². The molecule has 2 aromatic carbocycles. The molecule has 1 aliphatic heterocycles. The highest BCUT2D eigenvalue weighted by molar-refractivity contribution is 5.80. The van der Waals surface area contributed by atoms with Crippen molar-refractivity contribution in [1.82, 2.24) is 10.2 Å². The molecule has 2 aromatic rings. The van der Waals surface area contributed by atoms with E-state index in [0.717, 1.165) is 31.2 Å². The van der Waals surface area contributed by atoms with Gasteiger partial charge in [-0.05, 0) is 49.6 Å². The van der Waals surface area contributed by atoms with Gasteiger partial charge >= 0.3 is 0 Å². The summed E-state index contributed by atoms with van der Waals surface area (Å²) >= 11 is 0. The van der Waals surface area contributed by atoms with Crippen molar-refractivity contribution in [3.05, 3.63) is 58.7 Å². The van der Waals surface area contributed by atoms with Gasteiger partial charge in [0.15, 0.2) is 17.5 Å². The Morgan fingerprint density at radius 1 is 1.28 bits per heavy atom. The molecule has 1 fully saturated rings. The standard InChI is InChI=1S/C23H31N3O3/c1-5-24-23(25-14-18-7-9-21(28-4)20(27)13-18)26-10-11-29-22(15-26)19-8-6-16(2)12-17(19)3/h6-9,12-13,22,27H,5,10-11,14-15H2,1-4H3,(H,24,25).